The molecule has 2 N–H and O–H groups in total. The third-order valence-corrected chi connectivity index (χ3v) is 6.64. The van der Waals surface area contributed by atoms with Gasteiger partial charge in [0.25, 0.3) is 11.8 Å². The zero-order chi connectivity index (χ0) is 21.9. The summed E-state index contributed by atoms with van der Waals surface area (Å²) in [6.07, 6.45) is 0. The van der Waals surface area contributed by atoms with Gasteiger partial charge >= 0.3 is 0 Å². The maximum absolute atomic E-state index is 12.7. The molecule has 0 spiro atoms. The SMILES string of the molecule is NC(=O)CS(=O)(=O)c1ccc(C(=O)N2CCN(C(=O)c3ccc(Cl)cc3)CC2)cc1. The van der Waals surface area contributed by atoms with Crippen LogP contribution in [0.15, 0.2) is 53.4 Å². The molecule has 0 aliphatic carbocycles. The summed E-state index contributed by atoms with van der Waals surface area (Å²) in [5.41, 5.74) is 5.81. The Hall–Kier alpha value is -2.91. The Morgan fingerprint density at radius 3 is 1.60 bits per heavy atom. The number of piperazine rings is 1. The van der Waals surface area contributed by atoms with Crippen LogP contribution in [0.2, 0.25) is 5.02 Å². The molecule has 158 valence electrons. The molecule has 1 aliphatic rings. The second-order valence-electron chi connectivity index (χ2n) is 6.84. The summed E-state index contributed by atoms with van der Waals surface area (Å²) in [5.74, 6) is -2.11. The van der Waals surface area contributed by atoms with Gasteiger partial charge in [-0.1, -0.05) is 11.6 Å². The number of sulfone groups is 1. The van der Waals surface area contributed by atoms with E-state index in [2.05, 4.69) is 0 Å². The van der Waals surface area contributed by atoms with Crippen molar-refractivity contribution in [2.24, 2.45) is 5.73 Å². The van der Waals surface area contributed by atoms with Crippen LogP contribution < -0.4 is 5.73 Å². The standard InChI is InChI=1S/C20H20ClN3O5S/c21-16-5-1-14(2-6-16)19(26)23-9-11-24(12-10-23)20(27)15-3-7-17(8-4-15)30(28,29)13-18(22)25/h1-8H,9-13H2,(H2,22,25). The number of carbonyl (C=O) groups is 3. The highest BCUT2D eigenvalue weighted by Crippen LogP contribution is 2.16. The number of carbonyl (C=O) groups excluding carboxylic acids is 3. The number of halogens is 1. The molecular formula is C20H20ClN3O5S. The number of benzene rings is 2. The molecule has 10 heteroatoms. The van der Waals surface area contributed by atoms with Crippen LogP contribution in [0.3, 0.4) is 0 Å². The van der Waals surface area contributed by atoms with Crippen LogP contribution in [0.1, 0.15) is 20.7 Å². The van der Waals surface area contributed by atoms with Crippen molar-refractivity contribution in [3.05, 3.63) is 64.7 Å². The van der Waals surface area contributed by atoms with Gasteiger partial charge in [0.15, 0.2) is 9.84 Å². The topological polar surface area (TPSA) is 118 Å². The molecule has 0 saturated carbocycles. The average molecular weight is 450 g/mol. The summed E-state index contributed by atoms with van der Waals surface area (Å²) in [6, 6.07) is 12.0. The van der Waals surface area contributed by atoms with Crippen LogP contribution >= 0.6 is 11.6 Å². The Bertz CT molecular complexity index is 1060. The van der Waals surface area contributed by atoms with Gasteiger partial charge < -0.3 is 15.5 Å². The van der Waals surface area contributed by atoms with Gasteiger partial charge in [-0.05, 0) is 48.5 Å². The van der Waals surface area contributed by atoms with Gasteiger partial charge in [0.2, 0.25) is 5.91 Å². The average Bonchev–Trinajstić information content (AvgIpc) is 2.72. The molecule has 1 aliphatic heterocycles. The van der Waals surface area contributed by atoms with Crippen LogP contribution in [0.4, 0.5) is 0 Å². The van der Waals surface area contributed by atoms with E-state index in [9.17, 15) is 22.8 Å². The Balaban J connectivity index is 1.62. The first kappa shape index (κ1) is 21.8. The largest absolute Gasteiger partial charge is 0.369 e. The monoisotopic (exact) mass is 449 g/mol. The minimum atomic E-state index is -3.82. The Morgan fingerprint density at radius 1 is 0.800 bits per heavy atom. The van der Waals surface area contributed by atoms with Crippen molar-refractivity contribution >= 4 is 39.2 Å². The van der Waals surface area contributed by atoms with E-state index in [-0.39, 0.29) is 16.7 Å². The summed E-state index contributed by atoms with van der Waals surface area (Å²) in [6.45, 7) is 1.50. The lowest BCUT2D eigenvalue weighted by Crippen LogP contribution is -2.50. The van der Waals surface area contributed by atoms with Gasteiger partial charge in [-0.25, -0.2) is 8.42 Å². The molecule has 8 nitrogen and oxygen atoms in total. The van der Waals surface area contributed by atoms with E-state index in [1.807, 2.05) is 0 Å². The Morgan fingerprint density at radius 2 is 1.20 bits per heavy atom. The van der Waals surface area contributed by atoms with E-state index >= 15 is 0 Å². The predicted octanol–water partition coefficient (Wildman–Crippen LogP) is 1.20. The van der Waals surface area contributed by atoms with Crippen molar-refractivity contribution in [1.29, 1.82) is 0 Å². The Labute approximate surface area is 179 Å². The van der Waals surface area contributed by atoms with Crippen LogP contribution in [0.5, 0.6) is 0 Å². The molecule has 0 unspecified atom stereocenters. The van der Waals surface area contributed by atoms with Crippen molar-refractivity contribution in [1.82, 2.24) is 9.80 Å². The van der Waals surface area contributed by atoms with Gasteiger partial charge in [-0.3, -0.25) is 14.4 Å². The normalized spacial score (nSPS) is 14.4. The molecule has 0 atom stereocenters. The molecule has 1 fully saturated rings. The highest BCUT2D eigenvalue weighted by molar-refractivity contribution is 7.92. The summed E-state index contributed by atoms with van der Waals surface area (Å²) < 4.78 is 24.0. The van der Waals surface area contributed by atoms with Gasteiger partial charge in [0.05, 0.1) is 4.90 Å². The van der Waals surface area contributed by atoms with Gasteiger partial charge in [-0.15, -0.1) is 0 Å². The first-order valence-corrected chi connectivity index (χ1v) is 11.2. The maximum Gasteiger partial charge on any atom is 0.253 e. The van der Waals surface area contributed by atoms with E-state index in [4.69, 9.17) is 17.3 Å². The molecule has 3 rings (SSSR count). The van der Waals surface area contributed by atoms with Crippen molar-refractivity contribution in [2.45, 2.75) is 4.90 Å². The van der Waals surface area contributed by atoms with Crippen molar-refractivity contribution in [2.75, 3.05) is 31.9 Å². The lowest BCUT2D eigenvalue weighted by atomic mass is 10.1. The quantitative estimate of drug-likeness (QED) is 0.735. The van der Waals surface area contributed by atoms with Crippen LogP contribution in [0.25, 0.3) is 0 Å². The predicted molar refractivity (Wildman–Crippen MR) is 111 cm³/mol. The fourth-order valence-electron chi connectivity index (χ4n) is 3.15. The van der Waals surface area contributed by atoms with Crippen molar-refractivity contribution in [3.8, 4) is 0 Å². The summed E-state index contributed by atoms with van der Waals surface area (Å²) in [4.78, 5) is 39.4. The van der Waals surface area contributed by atoms with Gasteiger partial charge in [0.1, 0.15) is 5.75 Å². The third-order valence-electron chi connectivity index (χ3n) is 4.74. The highest BCUT2D eigenvalue weighted by Gasteiger charge is 2.26. The van der Waals surface area contributed by atoms with Crippen molar-refractivity contribution in [3.63, 3.8) is 0 Å². The molecule has 0 radical (unpaired) electrons. The molecule has 2 aromatic rings. The zero-order valence-electron chi connectivity index (χ0n) is 16.0. The fourth-order valence-corrected chi connectivity index (χ4v) is 4.36. The lowest BCUT2D eigenvalue weighted by Gasteiger charge is -2.35. The summed E-state index contributed by atoms with van der Waals surface area (Å²) in [7, 11) is -3.82. The van der Waals surface area contributed by atoms with E-state index in [1.54, 1.807) is 34.1 Å². The minimum absolute atomic E-state index is 0.0729. The van der Waals surface area contributed by atoms with E-state index < -0.39 is 21.5 Å². The lowest BCUT2D eigenvalue weighted by molar-refractivity contribution is -0.115. The molecular weight excluding hydrogens is 430 g/mol. The van der Waals surface area contributed by atoms with E-state index in [0.717, 1.165) is 0 Å². The number of amides is 3. The van der Waals surface area contributed by atoms with Crippen molar-refractivity contribution < 1.29 is 22.8 Å². The smallest absolute Gasteiger partial charge is 0.253 e. The second kappa shape index (κ2) is 8.85. The van der Waals surface area contributed by atoms with Gasteiger partial charge in [-0.2, -0.15) is 0 Å². The molecule has 0 bridgehead atoms. The minimum Gasteiger partial charge on any atom is -0.369 e. The number of hydrogen-bond acceptors (Lipinski definition) is 5. The van der Waals surface area contributed by atoms with Crippen LogP contribution in [0, 0.1) is 0 Å². The molecule has 3 amide bonds. The molecule has 1 heterocycles. The van der Waals surface area contributed by atoms with Crippen LogP contribution in [-0.4, -0.2) is 67.9 Å². The third kappa shape index (κ3) is 4.98. The maximum atomic E-state index is 12.7. The fraction of sp³-hybridized carbons (Fsp3) is 0.250. The molecule has 0 aromatic heterocycles. The number of hydrogen-bond donors (Lipinski definition) is 1. The zero-order valence-corrected chi connectivity index (χ0v) is 17.5. The number of nitrogens with zero attached hydrogens (tertiary/aromatic N) is 2. The first-order valence-electron chi connectivity index (χ1n) is 9.12. The van der Waals surface area contributed by atoms with Crippen LogP contribution in [-0.2, 0) is 14.6 Å². The summed E-state index contributed by atoms with van der Waals surface area (Å²) in [5, 5.41) is 0.551. The first-order chi connectivity index (χ1) is 14.2. The number of nitrogens with two attached hydrogens (primary N) is 1. The summed E-state index contributed by atoms with van der Waals surface area (Å²) >= 11 is 5.85. The highest BCUT2D eigenvalue weighted by atomic mass is 35.5. The number of primary amides is 1. The Kier molecular flexibility index (Phi) is 6.42. The molecule has 2 aromatic carbocycles. The second-order valence-corrected chi connectivity index (χ2v) is 9.27. The van der Waals surface area contributed by atoms with Gasteiger partial charge in [0, 0.05) is 42.3 Å². The number of rotatable bonds is 5. The molecule has 30 heavy (non-hydrogen) atoms. The molecule has 1 saturated heterocycles. The van der Waals surface area contributed by atoms with E-state index in [1.165, 1.54) is 24.3 Å². The van der Waals surface area contributed by atoms with E-state index in [0.29, 0.717) is 42.3 Å².